The summed E-state index contributed by atoms with van der Waals surface area (Å²) in [5.41, 5.74) is 5.01. The molecule has 0 saturated carbocycles. The molecular weight excluding hydrogens is 492 g/mol. The maximum absolute atomic E-state index is 13.2. The van der Waals surface area contributed by atoms with Crippen molar-refractivity contribution in [1.82, 2.24) is 20.1 Å². The summed E-state index contributed by atoms with van der Waals surface area (Å²) in [5, 5.41) is 9.64. The molecule has 1 heterocycles. The quantitative estimate of drug-likeness (QED) is 0.152. The van der Waals surface area contributed by atoms with Crippen LogP contribution in [0.2, 0.25) is 0 Å². The Morgan fingerprint density at radius 2 is 1.65 bits per heavy atom. The van der Waals surface area contributed by atoms with Gasteiger partial charge in [-0.05, 0) is 47.4 Å². The summed E-state index contributed by atoms with van der Waals surface area (Å²) in [6, 6.07) is 21.9. The van der Waals surface area contributed by atoms with E-state index >= 15 is 0 Å². The number of nitrogens with one attached hydrogen (secondary N) is 3. The number of aromatic nitrogens is 1. The Kier molecular flexibility index (Phi) is 8.02. The minimum atomic E-state index is -4.04. The molecule has 3 aromatic carbocycles. The van der Waals surface area contributed by atoms with E-state index in [1.807, 2.05) is 30.5 Å². The first-order valence-electron chi connectivity index (χ1n) is 11.5. The zero-order valence-corrected chi connectivity index (χ0v) is 20.6. The van der Waals surface area contributed by atoms with E-state index in [1.54, 1.807) is 42.5 Å². The minimum absolute atomic E-state index is 0.00276. The number of H-pyrrole nitrogens is 1. The third-order valence-corrected chi connectivity index (χ3v) is 7.11. The van der Waals surface area contributed by atoms with Gasteiger partial charge in [0.25, 0.3) is 15.9 Å². The Hall–Kier alpha value is -4.41. The fourth-order valence-corrected chi connectivity index (χ4v) is 4.84. The largest absolute Gasteiger partial charge is 0.361 e. The summed E-state index contributed by atoms with van der Waals surface area (Å²) in [5.74, 6) is -0.649. The lowest BCUT2D eigenvalue weighted by atomic mass is 10.1. The normalized spacial score (nSPS) is 11.5. The van der Waals surface area contributed by atoms with Gasteiger partial charge in [0, 0.05) is 36.3 Å². The fourth-order valence-electron chi connectivity index (χ4n) is 3.85. The SMILES string of the molecule is O=C(/C=C/c1ccc(CN(CCc2c[nH]c3ccccc23)C(=O)NS(=O)(=O)c2ccccc2)cc1)NO. The van der Waals surface area contributed by atoms with E-state index in [-0.39, 0.29) is 18.0 Å². The number of nitrogens with zero attached hydrogens (tertiary/aromatic N) is 1. The van der Waals surface area contributed by atoms with Crippen LogP contribution in [0, 0.1) is 0 Å². The summed E-state index contributed by atoms with van der Waals surface area (Å²) in [7, 11) is -4.04. The number of fused-ring (bicyclic) bond motifs is 1. The standard InChI is InChI=1S/C27H26N4O5S/c32-26(29-34)15-14-20-10-12-21(13-11-20)19-31(17-16-22-18-28-25-9-5-4-8-24(22)25)27(33)30-37(35,36)23-6-2-1-3-7-23/h1-15,18,28,34H,16-17,19H2,(H,29,32)(H,30,33)/b15-14+. The maximum Gasteiger partial charge on any atom is 0.331 e. The van der Waals surface area contributed by atoms with Crippen molar-refractivity contribution in [2.75, 3.05) is 6.54 Å². The number of aromatic amines is 1. The first kappa shape index (κ1) is 25.7. The average molecular weight is 519 g/mol. The number of hydroxylamine groups is 1. The molecule has 0 aliphatic carbocycles. The van der Waals surface area contributed by atoms with Crippen LogP contribution in [-0.2, 0) is 27.8 Å². The lowest BCUT2D eigenvalue weighted by molar-refractivity contribution is -0.124. The number of carbonyl (C=O) groups excluding carboxylic acids is 2. The van der Waals surface area contributed by atoms with Gasteiger partial charge in [-0.1, -0.05) is 60.7 Å². The maximum atomic E-state index is 13.2. The molecule has 4 rings (SSSR count). The van der Waals surface area contributed by atoms with E-state index < -0.39 is 22.0 Å². The van der Waals surface area contributed by atoms with Crippen molar-refractivity contribution in [1.29, 1.82) is 0 Å². The molecule has 0 spiro atoms. The molecule has 190 valence electrons. The average Bonchev–Trinajstić information content (AvgIpc) is 3.33. The molecule has 0 unspecified atom stereocenters. The first-order valence-corrected chi connectivity index (χ1v) is 13.0. The number of amides is 3. The molecule has 37 heavy (non-hydrogen) atoms. The van der Waals surface area contributed by atoms with E-state index in [9.17, 15) is 18.0 Å². The summed E-state index contributed by atoms with van der Waals surface area (Å²) in [6.45, 7) is 0.440. The third-order valence-electron chi connectivity index (χ3n) is 5.78. The Morgan fingerprint density at radius 3 is 2.38 bits per heavy atom. The summed E-state index contributed by atoms with van der Waals surface area (Å²) in [6.07, 6.45) is 5.12. The second-order valence-electron chi connectivity index (χ2n) is 8.31. The first-order chi connectivity index (χ1) is 17.9. The number of rotatable bonds is 9. The van der Waals surface area contributed by atoms with Crippen LogP contribution in [0.5, 0.6) is 0 Å². The second-order valence-corrected chi connectivity index (χ2v) is 9.99. The van der Waals surface area contributed by atoms with Crippen LogP contribution < -0.4 is 10.2 Å². The van der Waals surface area contributed by atoms with Gasteiger partial charge in [0.15, 0.2) is 0 Å². The van der Waals surface area contributed by atoms with Gasteiger partial charge < -0.3 is 9.88 Å². The van der Waals surface area contributed by atoms with Crippen LogP contribution in [-0.4, -0.2) is 42.0 Å². The third kappa shape index (κ3) is 6.63. The van der Waals surface area contributed by atoms with Crippen molar-refractivity contribution in [2.45, 2.75) is 17.9 Å². The molecule has 4 N–H and O–H groups in total. The minimum Gasteiger partial charge on any atom is -0.361 e. The van der Waals surface area contributed by atoms with Crippen molar-refractivity contribution in [2.24, 2.45) is 0 Å². The van der Waals surface area contributed by atoms with Gasteiger partial charge in [-0.2, -0.15) is 0 Å². The lowest BCUT2D eigenvalue weighted by Gasteiger charge is -2.23. The van der Waals surface area contributed by atoms with Gasteiger partial charge in [0.05, 0.1) is 4.90 Å². The zero-order valence-electron chi connectivity index (χ0n) is 19.8. The Bertz CT molecular complexity index is 1510. The Balaban J connectivity index is 1.53. The smallest absolute Gasteiger partial charge is 0.331 e. The highest BCUT2D eigenvalue weighted by molar-refractivity contribution is 7.90. The van der Waals surface area contributed by atoms with Crippen LogP contribution in [0.1, 0.15) is 16.7 Å². The number of sulfonamides is 1. The molecule has 0 fully saturated rings. The zero-order chi connectivity index (χ0) is 26.3. The van der Waals surface area contributed by atoms with E-state index in [0.29, 0.717) is 12.0 Å². The molecule has 0 radical (unpaired) electrons. The lowest BCUT2D eigenvalue weighted by Crippen LogP contribution is -2.43. The summed E-state index contributed by atoms with van der Waals surface area (Å²) >= 11 is 0. The monoisotopic (exact) mass is 518 g/mol. The molecule has 0 aliphatic heterocycles. The van der Waals surface area contributed by atoms with E-state index in [2.05, 4.69) is 9.71 Å². The predicted molar refractivity (Wildman–Crippen MR) is 140 cm³/mol. The van der Waals surface area contributed by atoms with Crippen molar-refractivity contribution in [3.05, 3.63) is 108 Å². The van der Waals surface area contributed by atoms with Crippen molar-refractivity contribution < 1.29 is 23.2 Å². The van der Waals surface area contributed by atoms with Gasteiger partial charge in [-0.25, -0.2) is 23.4 Å². The highest BCUT2D eigenvalue weighted by atomic mass is 32.2. The van der Waals surface area contributed by atoms with Gasteiger partial charge in [-0.3, -0.25) is 10.0 Å². The van der Waals surface area contributed by atoms with Crippen molar-refractivity contribution in [3.8, 4) is 0 Å². The number of urea groups is 1. The molecule has 3 amide bonds. The molecule has 0 atom stereocenters. The summed E-state index contributed by atoms with van der Waals surface area (Å²) < 4.78 is 27.7. The van der Waals surface area contributed by atoms with Crippen LogP contribution in [0.3, 0.4) is 0 Å². The molecule has 1 aromatic heterocycles. The van der Waals surface area contributed by atoms with Crippen LogP contribution >= 0.6 is 0 Å². The van der Waals surface area contributed by atoms with Gasteiger partial charge >= 0.3 is 6.03 Å². The van der Waals surface area contributed by atoms with Crippen LogP contribution in [0.15, 0.2) is 96.0 Å². The number of hydrogen-bond donors (Lipinski definition) is 4. The van der Waals surface area contributed by atoms with Crippen LogP contribution in [0.4, 0.5) is 4.79 Å². The van der Waals surface area contributed by atoms with Gasteiger partial charge in [-0.15, -0.1) is 0 Å². The van der Waals surface area contributed by atoms with Gasteiger partial charge in [0.2, 0.25) is 0 Å². The van der Waals surface area contributed by atoms with Crippen molar-refractivity contribution >= 4 is 38.9 Å². The molecule has 0 aliphatic rings. The predicted octanol–water partition coefficient (Wildman–Crippen LogP) is 3.83. The fraction of sp³-hybridized carbons (Fsp3) is 0.111. The van der Waals surface area contributed by atoms with Crippen LogP contribution in [0.25, 0.3) is 17.0 Å². The van der Waals surface area contributed by atoms with E-state index in [4.69, 9.17) is 5.21 Å². The van der Waals surface area contributed by atoms with E-state index in [0.717, 1.165) is 22.0 Å². The summed E-state index contributed by atoms with van der Waals surface area (Å²) in [4.78, 5) is 29.0. The highest BCUT2D eigenvalue weighted by Gasteiger charge is 2.22. The van der Waals surface area contributed by atoms with E-state index in [1.165, 1.54) is 34.7 Å². The van der Waals surface area contributed by atoms with Gasteiger partial charge in [0.1, 0.15) is 0 Å². The number of hydrogen-bond acceptors (Lipinski definition) is 5. The molecule has 4 aromatic rings. The molecule has 10 heteroatoms. The van der Waals surface area contributed by atoms with Crippen molar-refractivity contribution in [3.63, 3.8) is 0 Å². The number of carbonyl (C=O) groups is 2. The highest BCUT2D eigenvalue weighted by Crippen LogP contribution is 2.19. The Morgan fingerprint density at radius 1 is 0.946 bits per heavy atom. The number of benzene rings is 3. The number of para-hydroxylation sites is 1. The Labute approximate surface area is 214 Å². The molecular formula is C27H26N4O5S. The topological polar surface area (TPSA) is 132 Å². The molecule has 0 saturated heterocycles. The molecule has 0 bridgehead atoms. The molecule has 9 nitrogen and oxygen atoms in total. The second kappa shape index (κ2) is 11.5.